The van der Waals surface area contributed by atoms with Crippen molar-refractivity contribution in [1.29, 1.82) is 0 Å². The van der Waals surface area contributed by atoms with E-state index < -0.39 is 0 Å². The highest BCUT2D eigenvalue weighted by Gasteiger charge is 2.13. The predicted octanol–water partition coefficient (Wildman–Crippen LogP) is 1.93. The molecule has 0 amide bonds. The van der Waals surface area contributed by atoms with Crippen LogP contribution in [0, 0.1) is 5.92 Å². The summed E-state index contributed by atoms with van der Waals surface area (Å²) in [6.07, 6.45) is 4.05. The van der Waals surface area contributed by atoms with Crippen molar-refractivity contribution in [2.24, 2.45) is 5.92 Å². The van der Waals surface area contributed by atoms with Gasteiger partial charge in [0, 0.05) is 37.7 Å². The molecule has 0 radical (unpaired) electrons. The van der Waals surface area contributed by atoms with E-state index >= 15 is 0 Å². The van der Waals surface area contributed by atoms with E-state index in [1.807, 2.05) is 12.1 Å². The molecule has 4 nitrogen and oxygen atoms in total. The molecule has 2 rings (SSSR count). The Morgan fingerprint density at radius 1 is 1.50 bits per heavy atom. The van der Waals surface area contributed by atoms with Crippen LogP contribution in [0.5, 0.6) is 5.88 Å². The molecule has 0 unspecified atom stereocenters. The Morgan fingerprint density at radius 2 is 2.31 bits per heavy atom. The predicted molar refractivity (Wildman–Crippen MR) is 62.8 cm³/mol. The Labute approximate surface area is 96.0 Å². The summed E-state index contributed by atoms with van der Waals surface area (Å²) in [6.45, 7) is 2.79. The fourth-order valence-corrected chi connectivity index (χ4v) is 1.84. The van der Waals surface area contributed by atoms with E-state index in [1.54, 1.807) is 13.3 Å². The van der Waals surface area contributed by atoms with Crippen molar-refractivity contribution < 1.29 is 9.47 Å². The minimum absolute atomic E-state index is 0.650. The lowest BCUT2D eigenvalue weighted by atomic mass is 10.0. The van der Waals surface area contributed by atoms with Gasteiger partial charge in [0.25, 0.3) is 0 Å². The molecule has 1 aliphatic heterocycles. The van der Waals surface area contributed by atoms with E-state index in [0.717, 1.165) is 38.3 Å². The van der Waals surface area contributed by atoms with Gasteiger partial charge in [-0.1, -0.05) is 0 Å². The quantitative estimate of drug-likeness (QED) is 0.845. The van der Waals surface area contributed by atoms with E-state index in [2.05, 4.69) is 10.3 Å². The van der Waals surface area contributed by atoms with E-state index in [4.69, 9.17) is 9.47 Å². The Kier molecular flexibility index (Phi) is 3.99. The summed E-state index contributed by atoms with van der Waals surface area (Å²) in [7, 11) is 1.63. The van der Waals surface area contributed by atoms with Crippen molar-refractivity contribution in [1.82, 2.24) is 4.98 Å². The first-order chi connectivity index (χ1) is 7.88. The molecule has 1 fully saturated rings. The Bertz CT molecular complexity index is 325. The molecular weight excluding hydrogens is 204 g/mol. The lowest BCUT2D eigenvalue weighted by Crippen LogP contribution is -2.22. The highest BCUT2D eigenvalue weighted by atomic mass is 16.5. The van der Waals surface area contributed by atoms with E-state index in [0.29, 0.717) is 11.8 Å². The van der Waals surface area contributed by atoms with E-state index in [9.17, 15) is 0 Å². The second kappa shape index (κ2) is 5.70. The van der Waals surface area contributed by atoms with Crippen molar-refractivity contribution >= 4 is 5.69 Å². The lowest BCUT2D eigenvalue weighted by molar-refractivity contribution is 0.0699. The van der Waals surface area contributed by atoms with Gasteiger partial charge in [-0.15, -0.1) is 0 Å². The monoisotopic (exact) mass is 222 g/mol. The molecule has 16 heavy (non-hydrogen) atoms. The largest absolute Gasteiger partial charge is 0.481 e. The molecule has 1 aromatic rings. The first-order valence-electron chi connectivity index (χ1n) is 5.70. The average molecular weight is 222 g/mol. The molecule has 2 heterocycles. The van der Waals surface area contributed by atoms with Crippen LogP contribution in [0.2, 0.25) is 0 Å². The maximum Gasteiger partial charge on any atom is 0.214 e. The smallest absolute Gasteiger partial charge is 0.214 e. The first-order valence-corrected chi connectivity index (χ1v) is 5.70. The van der Waals surface area contributed by atoms with Crippen molar-refractivity contribution in [3.8, 4) is 5.88 Å². The zero-order valence-corrected chi connectivity index (χ0v) is 9.61. The summed E-state index contributed by atoms with van der Waals surface area (Å²) >= 11 is 0. The Balaban J connectivity index is 1.83. The normalized spacial score (nSPS) is 17.1. The zero-order valence-electron chi connectivity index (χ0n) is 9.61. The number of nitrogens with zero attached hydrogens (tertiary/aromatic N) is 1. The van der Waals surface area contributed by atoms with Gasteiger partial charge >= 0.3 is 0 Å². The van der Waals surface area contributed by atoms with Crippen LogP contribution < -0.4 is 10.1 Å². The third-order valence-electron chi connectivity index (χ3n) is 2.88. The molecule has 1 saturated heterocycles. The zero-order chi connectivity index (χ0) is 11.2. The Hall–Kier alpha value is -1.29. The molecule has 88 valence electrons. The van der Waals surface area contributed by atoms with Crippen LogP contribution in [0.25, 0.3) is 0 Å². The summed E-state index contributed by atoms with van der Waals surface area (Å²) in [4.78, 5) is 4.07. The number of methoxy groups -OCH3 is 1. The van der Waals surface area contributed by atoms with Gasteiger partial charge in [0.15, 0.2) is 0 Å². The van der Waals surface area contributed by atoms with Crippen molar-refractivity contribution in [2.75, 3.05) is 32.2 Å². The van der Waals surface area contributed by atoms with Gasteiger partial charge in [0.1, 0.15) is 0 Å². The molecule has 0 saturated carbocycles. The maximum absolute atomic E-state index is 5.33. The SMILES string of the molecule is COc1cc(NCC2CCOCC2)ccn1. The summed E-state index contributed by atoms with van der Waals surface area (Å²) in [5.74, 6) is 1.37. The van der Waals surface area contributed by atoms with Gasteiger partial charge in [0.2, 0.25) is 5.88 Å². The molecule has 0 aromatic carbocycles. The summed E-state index contributed by atoms with van der Waals surface area (Å²) in [5, 5.41) is 3.41. The van der Waals surface area contributed by atoms with Gasteiger partial charge in [-0.05, 0) is 24.8 Å². The lowest BCUT2D eigenvalue weighted by Gasteiger charge is -2.22. The van der Waals surface area contributed by atoms with Crippen LogP contribution in [0.3, 0.4) is 0 Å². The van der Waals surface area contributed by atoms with Gasteiger partial charge in [-0.2, -0.15) is 0 Å². The van der Waals surface area contributed by atoms with Gasteiger partial charge < -0.3 is 14.8 Å². The molecule has 1 aliphatic rings. The van der Waals surface area contributed by atoms with Gasteiger partial charge in [0.05, 0.1) is 7.11 Å². The Morgan fingerprint density at radius 3 is 3.06 bits per heavy atom. The average Bonchev–Trinajstić information content (AvgIpc) is 2.38. The minimum atomic E-state index is 0.650. The fraction of sp³-hybridized carbons (Fsp3) is 0.583. The van der Waals surface area contributed by atoms with Crippen molar-refractivity contribution in [3.05, 3.63) is 18.3 Å². The van der Waals surface area contributed by atoms with Crippen molar-refractivity contribution in [3.63, 3.8) is 0 Å². The molecule has 4 heteroatoms. The number of anilines is 1. The molecule has 0 aliphatic carbocycles. The number of pyridine rings is 1. The minimum Gasteiger partial charge on any atom is -0.481 e. The number of aromatic nitrogens is 1. The molecule has 1 aromatic heterocycles. The molecule has 0 atom stereocenters. The van der Waals surface area contributed by atoms with Crippen LogP contribution in [0.1, 0.15) is 12.8 Å². The molecule has 1 N–H and O–H groups in total. The maximum atomic E-state index is 5.33. The number of hydrogen-bond acceptors (Lipinski definition) is 4. The molecule has 0 bridgehead atoms. The van der Waals surface area contributed by atoms with E-state index in [1.165, 1.54) is 0 Å². The highest BCUT2D eigenvalue weighted by Crippen LogP contribution is 2.17. The number of rotatable bonds is 4. The third-order valence-corrected chi connectivity index (χ3v) is 2.88. The van der Waals surface area contributed by atoms with Crippen LogP contribution >= 0.6 is 0 Å². The molecular formula is C12H18N2O2. The van der Waals surface area contributed by atoms with Gasteiger partial charge in [-0.25, -0.2) is 4.98 Å². The summed E-state index contributed by atoms with van der Waals surface area (Å²) < 4.78 is 10.4. The van der Waals surface area contributed by atoms with Crippen LogP contribution in [-0.2, 0) is 4.74 Å². The third kappa shape index (κ3) is 3.10. The van der Waals surface area contributed by atoms with Crippen molar-refractivity contribution in [2.45, 2.75) is 12.8 Å². The van der Waals surface area contributed by atoms with Crippen LogP contribution in [0.15, 0.2) is 18.3 Å². The second-order valence-corrected chi connectivity index (χ2v) is 4.02. The van der Waals surface area contributed by atoms with E-state index in [-0.39, 0.29) is 0 Å². The number of ether oxygens (including phenoxy) is 2. The number of nitrogens with one attached hydrogen (secondary N) is 1. The second-order valence-electron chi connectivity index (χ2n) is 4.02. The van der Waals surface area contributed by atoms with Gasteiger partial charge in [-0.3, -0.25) is 0 Å². The standard InChI is InChI=1S/C12H18N2O2/c1-15-12-8-11(2-5-13-12)14-9-10-3-6-16-7-4-10/h2,5,8,10H,3-4,6-7,9H2,1H3,(H,13,14). The highest BCUT2D eigenvalue weighted by molar-refractivity contribution is 5.44. The topological polar surface area (TPSA) is 43.4 Å². The number of hydrogen-bond donors (Lipinski definition) is 1. The fourth-order valence-electron chi connectivity index (χ4n) is 1.84. The van der Waals surface area contributed by atoms with Crippen LogP contribution in [-0.4, -0.2) is 31.9 Å². The van der Waals surface area contributed by atoms with Crippen LogP contribution in [0.4, 0.5) is 5.69 Å². The first kappa shape index (κ1) is 11.2. The summed E-state index contributed by atoms with van der Waals surface area (Å²) in [5.41, 5.74) is 1.07. The summed E-state index contributed by atoms with van der Waals surface area (Å²) in [6, 6.07) is 3.88. The molecule has 0 spiro atoms.